The van der Waals surface area contributed by atoms with Crippen molar-refractivity contribution in [2.45, 2.75) is 32.9 Å². The molecule has 2 nitrogen and oxygen atoms in total. The Labute approximate surface area is 140 Å². The second kappa shape index (κ2) is 7.97. The Bertz CT molecular complexity index is 554. The number of likely N-dealkylation sites (N-methyl/N-ethyl adjacent to an activating group) is 1. The van der Waals surface area contributed by atoms with Gasteiger partial charge in [0, 0.05) is 41.1 Å². The van der Waals surface area contributed by atoms with E-state index in [1.54, 1.807) is 0 Å². The van der Waals surface area contributed by atoms with Gasteiger partial charge in [0.05, 0.1) is 0 Å². The molecule has 0 spiro atoms. The first kappa shape index (κ1) is 16.5. The minimum Gasteiger partial charge on any atom is -0.371 e. The van der Waals surface area contributed by atoms with Crippen molar-refractivity contribution in [1.82, 2.24) is 5.32 Å². The van der Waals surface area contributed by atoms with E-state index in [2.05, 4.69) is 82.8 Å². The van der Waals surface area contributed by atoms with Crippen LogP contribution in [0.4, 0.5) is 5.69 Å². The summed E-state index contributed by atoms with van der Waals surface area (Å²) >= 11 is 5.43. The third-order valence-corrected chi connectivity index (χ3v) is 5.12. The number of halogens is 1. The summed E-state index contributed by atoms with van der Waals surface area (Å²) in [4.78, 5) is 3.83. The molecule has 114 valence electrons. The normalized spacial score (nSPS) is 12.4. The summed E-state index contributed by atoms with van der Waals surface area (Å²) in [7, 11) is 2.19. The molecule has 0 saturated heterocycles. The minimum atomic E-state index is 0.471. The fraction of sp³-hybridized carbons (Fsp3) is 0.412. The maximum atomic E-state index is 3.60. The highest BCUT2D eigenvalue weighted by molar-refractivity contribution is 9.10. The second-order valence-corrected chi connectivity index (χ2v) is 7.24. The molecule has 4 heteroatoms. The molecule has 0 saturated carbocycles. The zero-order valence-corrected chi connectivity index (χ0v) is 15.3. The maximum Gasteiger partial charge on any atom is 0.0423 e. The first-order valence-corrected chi connectivity index (χ1v) is 9.03. The lowest BCUT2D eigenvalue weighted by Crippen LogP contribution is -2.31. The van der Waals surface area contributed by atoms with E-state index in [0.717, 1.165) is 24.0 Å². The van der Waals surface area contributed by atoms with Crippen LogP contribution in [-0.4, -0.2) is 19.6 Å². The zero-order chi connectivity index (χ0) is 15.2. The van der Waals surface area contributed by atoms with Gasteiger partial charge in [-0.25, -0.2) is 0 Å². The topological polar surface area (TPSA) is 15.3 Å². The predicted molar refractivity (Wildman–Crippen MR) is 97.4 cm³/mol. The first-order chi connectivity index (χ1) is 10.1. The van der Waals surface area contributed by atoms with Crippen LogP contribution in [0.2, 0.25) is 0 Å². The molecule has 1 unspecified atom stereocenters. The van der Waals surface area contributed by atoms with Gasteiger partial charge < -0.3 is 10.2 Å². The molecule has 1 aromatic carbocycles. The highest BCUT2D eigenvalue weighted by atomic mass is 79.9. The molecule has 0 aliphatic rings. The average Bonchev–Trinajstić information content (AvgIpc) is 2.98. The summed E-state index contributed by atoms with van der Waals surface area (Å²) < 4.78 is 1.13. The first-order valence-electron chi connectivity index (χ1n) is 7.36. The van der Waals surface area contributed by atoms with E-state index < -0.39 is 0 Å². The van der Waals surface area contributed by atoms with Crippen LogP contribution in [0.25, 0.3) is 0 Å². The van der Waals surface area contributed by atoms with Gasteiger partial charge in [-0.05, 0) is 42.6 Å². The lowest BCUT2D eigenvalue weighted by Gasteiger charge is -2.29. The standard InChI is InChI=1S/C17H23BrN2S/c1-4-19-12-14-7-8-15(18)11-17(14)20(3)13(2)10-16-6-5-9-21-16/h5-9,11,13,19H,4,10,12H2,1-3H3. The minimum absolute atomic E-state index is 0.471. The number of nitrogens with zero attached hydrogens (tertiary/aromatic N) is 1. The fourth-order valence-corrected chi connectivity index (χ4v) is 3.54. The van der Waals surface area contributed by atoms with E-state index in [9.17, 15) is 0 Å². The Kier molecular flexibility index (Phi) is 6.27. The third kappa shape index (κ3) is 4.56. The van der Waals surface area contributed by atoms with Crippen LogP contribution in [0.3, 0.4) is 0 Å². The highest BCUT2D eigenvalue weighted by Crippen LogP contribution is 2.27. The summed E-state index contributed by atoms with van der Waals surface area (Å²) in [6.07, 6.45) is 1.08. The van der Waals surface area contributed by atoms with E-state index in [0.29, 0.717) is 6.04 Å². The van der Waals surface area contributed by atoms with Crippen LogP contribution < -0.4 is 10.2 Å². The van der Waals surface area contributed by atoms with Crippen molar-refractivity contribution in [2.24, 2.45) is 0 Å². The van der Waals surface area contributed by atoms with Gasteiger partial charge in [0.25, 0.3) is 0 Å². The number of hydrogen-bond acceptors (Lipinski definition) is 3. The summed E-state index contributed by atoms with van der Waals surface area (Å²) in [5.74, 6) is 0. The lowest BCUT2D eigenvalue weighted by molar-refractivity contribution is 0.675. The van der Waals surface area contributed by atoms with Gasteiger partial charge in [0.1, 0.15) is 0 Å². The number of nitrogens with one attached hydrogen (secondary N) is 1. The second-order valence-electron chi connectivity index (χ2n) is 5.30. The molecule has 1 aromatic heterocycles. The summed E-state index contributed by atoms with van der Waals surface area (Å²) in [5, 5.41) is 5.57. The molecular formula is C17H23BrN2S. The van der Waals surface area contributed by atoms with Gasteiger partial charge in [0.2, 0.25) is 0 Å². The highest BCUT2D eigenvalue weighted by Gasteiger charge is 2.15. The van der Waals surface area contributed by atoms with E-state index in [4.69, 9.17) is 0 Å². The molecule has 0 radical (unpaired) electrons. The summed E-state index contributed by atoms with van der Waals surface area (Å²) in [6, 6.07) is 11.4. The lowest BCUT2D eigenvalue weighted by atomic mass is 10.1. The quantitative estimate of drug-likeness (QED) is 0.764. The number of rotatable bonds is 7. The summed E-state index contributed by atoms with van der Waals surface area (Å²) in [5.41, 5.74) is 2.65. The Hall–Kier alpha value is -0.840. The number of thiophene rings is 1. The molecule has 0 aliphatic carbocycles. The maximum absolute atomic E-state index is 3.60. The Morgan fingerprint density at radius 3 is 2.81 bits per heavy atom. The molecule has 0 amide bonds. The van der Waals surface area contributed by atoms with Crippen molar-refractivity contribution in [3.63, 3.8) is 0 Å². The Morgan fingerprint density at radius 2 is 2.14 bits per heavy atom. The van der Waals surface area contributed by atoms with Gasteiger partial charge in [-0.3, -0.25) is 0 Å². The van der Waals surface area contributed by atoms with Crippen molar-refractivity contribution >= 4 is 33.0 Å². The smallest absolute Gasteiger partial charge is 0.0423 e. The van der Waals surface area contributed by atoms with Crippen LogP contribution in [0.5, 0.6) is 0 Å². The van der Waals surface area contributed by atoms with Gasteiger partial charge >= 0.3 is 0 Å². The van der Waals surface area contributed by atoms with Crippen LogP contribution in [0.15, 0.2) is 40.2 Å². The monoisotopic (exact) mass is 366 g/mol. The number of hydrogen-bond donors (Lipinski definition) is 1. The van der Waals surface area contributed by atoms with Crippen molar-refractivity contribution in [3.05, 3.63) is 50.6 Å². The van der Waals surface area contributed by atoms with Crippen LogP contribution in [-0.2, 0) is 13.0 Å². The third-order valence-electron chi connectivity index (χ3n) is 3.73. The molecule has 0 aliphatic heterocycles. The molecule has 1 atom stereocenters. The number of anilines is 1. The summed E-state index contributed by atoms with van der Waals surface area (Å²) in [6.45, 7) is 6.33. The van der Waals surface area contributed by atoms with Crippen molar-refractivity contribution in [1.29, 1.82) is 0 Å². The number of benzene rings is 1. The van der Waals surface area contributed by atoms with Crippen molar-refractivity contribution in [2.75, 3.05) is 18.5 Å². The largest absolute Gasteiger partial charge is 0.371 e. The average molecular weight is 367 g/mol. The molecule has 0 fully saturated rings. The molecule has 21 heavy (non-hydrogen) atoms. The molecular weight excluding hydrogens is 344 g/mol. The predicted octanol–water partition coefficient (Wildman–Crippen LogP) is 4.69. The van der Waals surface area contributed by atoms with Gasteiger partial charge in [-0.15, -0.1) is 11.3 Å². The molecule has 0 bridgehead atoms. The molecule has 1 N–H and O–H groups in total. The van der Waals surface area contributed by atoms with E-state index in [-0.39, 0.29) is 0 Å². The fourth-order valence-electron chi connectivity index (χ4n) is 2.37. The van der Waals surface area contributed by atoms with E-state index in [1.807, 2.05) is 11.3 Å². The zero-order valence-electron chi connectivity index (χ0n) is 12.9. The van der Waals surface area contributed by atoms with E-state index in [1.165, 1.54) is 16.1 Å². The Morgan fingerprint density at radius 1 is 1.33 bits per heavy atom. The van der Waals surface area contributed by atoms with Gasteiger partial charge in [-0.1, -0.05) is 35.0 Å². The molecule has 1 heterocycles. The molecule has 2 aromatic rings. The SMILES string of the molecule is CCNCc1ccc(Br)cc1N(C)C(C)Cc1cccs1. The van der Waals surface area contributed by atoms with Crippen LogP contribution >= 0.6 is 27.3 Å². The van der Waals surface area contributed by atoms with Crippen molar-refractivity contribution in [3.8, 4) is 0 Å². The van der Waals surface area contributed by atoms with E-state index >= 15 is 0 Å². The van der Waals surface area contributed by atoms with Crippen LogP contribution in [0, 0.1) is 0 Å². The van der Waals surface area contributed by atoms with Gasteiger partial charge in [-0.2, -0.15) is 0 Å². The van der Waals surface area contributed by atoms with Gasteiger partial charge in [0.15, 0.2) is 0 Å². The Balaban J connectivity index is 2.16. The molecule has 2 rings (SSSR count). The van der Waals surface area contributed by atoms with Crippen molar-refractivity contribution < 1.29 is 0 Å². The van der Waals surface area contributed by atoms with Crippen LogP contribution in [0.1, 0.15) is 24.3 Å².